The van der Waals surface area contributed by atoms with Crippen LogP contribution in [0, 0.1) is 11.3 Å². The topological polar surface area (TPSA) is 117 Å². The summed E-state index contributed by atoms with van der Waals surface area (Å²) in [5, 5.41) is 33.0. The van der Waals surface area contributed by atoms with Crippen LogP contribution in [0.3, 0.4) is 0 Å². The highest BCUT2D eigenvalue weighted by Crippen LogP contribution is 2.52. The number of carbonyl (C=O) groups is 1. The number of amides is 1. The lowest BCUT2D eigenvalue weighted by molar-refractivity contribution is -0.286. The molecule has 0 bridgehead atoms. The van der Waals surface area contributed by atoms with Gasteiger partial charge in [-0.05, 0) is 48.7 Å². The van der Waals surface area contributed by atoms with E-state index in [0.29, 0.717) is 29.6 Å². The first kappa shape index (κ1) is 25.0. The number of rotatable bonds is 6. The molecular formula is C27H27F2N3O5. The van der Waals surface area contributed by atoms with Crippen molar-refractivity contribution in [3.63, 3.8) is 0 Å². The Hall–Kier alpha value is -3.68. The summed E-state index contributed by atoms with van der Waals surface area (Å²) in [6.07, 6.45) is -3.68. The Balaban J connectivity index is 1.49. The lowest BCUT2D eigenvalue weighted by atomic mass is 9.92. The number of hydrogen-bond acceptors (Lipinski definition) is 6. The van der Waals surface area contributed by atoms with Crippen LogP contribution >= 0.6 is 0 Å². The van der Waals surface area contributed by atoms with Crippen molar-refractivity contribution in [2.45, 2.75) is 63.4 Å². The van der Waals surface area contributed by atoms with Gasteiger partial charge < -0.3 is 29.6 Å². The summed E-state index contributed by atoms with van der Waals surface area (Å²) in [7, 11) is 0. The summed E-state index contributed by atoms with van der Waals surface area (Å²) in [6, 6.07) is 11.8. The third-order valence-corrected chi connectivity index (χ3v) is 6.92. The first-order valence-corrected chi connectivity index (χ1v) is 12.0. The highest BCUT2D eigenvalue weighted by molar-refractivity contribution is 6.04. The molecule has 0 spiro atoms. The maximum absolute atomic E-state index is 13.4. The van der Waals surface area contributed by atoms with Crippen LogP contribution in [0.15, 0.2) is 36.4 Å². The molecule has 0 radical (unpaired) electrons. The molecule has 8 nitrogen and oxygen atoms in total. The lowest BCUT2D eigenvalue weighted by Crippen LogP contribution is -2.28. The van der Waals surface area contributed by atoms with E-state index in [1.54, 1.807) is 18.2 Å². The molecule has 37 heavy (non-hydrogen) atoms. The zero-order valence-electron chi connectivity index (χ0n) is 20.6. The zero-order chi connectivity index (χ0) is 26.8. The minimum Gasteiger partial charge on any atom is -0.395 e. The van der Waals surface area contributed by atoms with E-state index in [2.05, 4.69) is 20.9 Å². The van der Waals surface area contributed by atoms with E-state index in [1.807, 2.05) is 31.4 Å². The van der Waals surface area contributed by atoms with Gasteiger partial charge in [0.05, 0.1) is 35.9 Å². The molecule has 0 unspecified atom stereocenters. The Morgan fingerprint density at radius 3 is 2.51 bits per heavy atom. The fourth-order valence-electron chi connectivity index (χ4n) is 4.85. The number of hydrogen-bond donors (Lipinski definition) is 3. The van der Waals surface area contributed by atoms with Gasteiger partial charge in [0, 0.05) is 22.0 Å². The number of carbonyl (C=O) groups excluding carboxylic acids is 1. The first-order chi connectivity index (χ1) is 17.4. The van der Waals surface area contributed by atoms with Crippen LogP contribution in [0.4, 0.5) is 14.5 Å². The Labute approximate surface area is 212 Å². The van der Waals surface area contributed by atoms with Gasteiger partial charge in [-0.1, -0.05) is 26.8 Å². The molecule has 5 rings (SSSR count). The number of benzene rings is 2. The van der Waals surface area contributed by atoms with Crippen LogP contribution in [0.1, 0.15) is 50.4 Å². The van der Waals surface area contributed by atoms with Gasteiger partial charge >= 0.3 is 6.29 Å². The van der Waals surface area contributed by atoms with Gasteiger partial charge in [0.15, 0.2) is 11.5 Å². The molecule has 2 aliphatic rings. The molecule has 1 aliphatic carbocycles. The third-order valence-electron chi connectivity index (χ3n) is 6.92. The standard InChI is InChI=1S/C27H27F2N3O5/c1-25(2,3)23-10-15-8-19(16(12-30)9-20(15)32(23)13-18(34)14-33)31-24(35)26(6-7-26)17-4-5-21-22(11-17)37-27(28,29)36-21/h4-5,8-11,18,33-34H,6-7,13-14H2,1-3H3,(H,31,35)/t18-/m1/s1. The Bertz CT molecular complexity index is 1450. The normalized spacial score (nSPS) is 17.9. The minimum absolute atomic E-state index is 0.0901. The van der Waals surface area contributed by atoms with Gasteiger partial charge in [0.1, 0.15) is 6.07 Å². The van der Waals surface area contributed by atoms with Gasteiger partial charge in [-0.25, -0.2) is 0 Å². The van der Waals surface area contributed by atoms with E-state index in [-0.39, 0.29) is 34.9 Å². The molecule has 1 atom stereocenters. The van der Waals surface area contributed by atoms with Crippen molar-refractivity contribution >= 4 is 22.5 Å². The van der Waals surface area contributed by atoms with Crippen molar-refractivity contribution in [3.8, 4) is 17.6 Å². The average Bonchev–Trinajstić information content (AvgIpc) is 3.47. The van der Waals surface area contributed by atoms with Crippen molar-refractivity contribution in [1.29, 1.82) is 5.26 Å². The number of halogens is 2. The highest BCUT2D eigenvalue weighted by Gasteiger charge is 2.53. The number of anilines is 1. The molecule has 1 aromatic heterocycles. The quantitative estimate of drug-likeness (QED) is 0.458. The largest absolute Gasteiger partial charge is 0.586 e. The molecule has 0 saturated heterocycles. The number of nitriles is 1. The van der Waals surface area contributed by atoms with Crippen LogP contribution in [0.5, 0.6) is 11.5 Å². The summed E-state index contributed by atoms with van der Waals surface area (Å²) >= 11 is 0. The number of aliphatic hydroxyl groups excluding tert-OH is 2. The predicted octanol–water partition coefficient (Wildman–Crippen LogP) is 4.16. The van der Waals surface area contributed by atoms with Gasteiger partial charge in [-0.3, -0.25) is 4.79 Å². The maximum Gasteiger partial charge on any atom is 0.586 e. The summed E-state index contributed by atoms with van der Waals surface area (Å²) in [5.41, 5.74) is 1.48. The molecule has 3 aromatic rings. The van der Waals surface area contributed by atoms with Gasteiger partial charge in [-0.15, -0.1) is 8.78 Å². The SMILES string of the molecule is CC(C)(C)c1cc2cc(NC(=O)C3(c4ccc5c(c4)OC(F)(F)O5)CC3)c(C#N)cc2n1C[C@@H](O)CO. The van der Waals surface area contributed by atoms with E-state index in [9.17, 15) is 29.1 Å². The summed E-state index contributed by atoms with van der Waals surface area (Å²) in [6.45, 7) is 5.82. The summed E-state index contributed by atoms with van der Waals surface area (Å²) < 4.78 is 37.8. The molecule has 1 fully saturated rings. The number of ether oxygens (including phenoxy) is 2. The lowest BCUT2D eigenvalue weighted by Gasteiger charge is -2.23. The second-order valence-corrected chi connectivity index (χ2v) is 10.7. The number of nitrogens with zero attached hydrogens (tertiary/aromatic N) is 2. The highest BCUT2D eigenvalue weighted by atomic mass is 19.3. The average molecular weight is 512 g/mol. The second-order valence-electron chi connectivity index (χ2n) is 10.7. The molecule has 1 saturated carbocycles. The van der Waals surface area contributed by atoms with Gasteiger partial charge in [0.25, 0.3) is 0 Å². The summed E-state index contributed by atoms with van der Waals surface area (Å²) in [4.78, 5) is 13.4. The molecule has 2 heterocycles. The first-order valence-electron chi connectivity index (χ1n) is 12.0. The number of aliphatic hydroxyl groups is 2. The van der Waals surface area contributed by atoms with E-state index >= 15 is 0 Å². The van der Waals surface area contributed by atoms with E-state index in [0.717, 1.165) is 11.1 Å². The molecule has 1 amide bonds. The smallest absolute Gasteiger partial charge is 0.395 e. The number of fused-ring (bicyclic) bond motifs is 2. The van der Waals surface area contributed by atoms with E-state index < -0.39 is 24.4 Å². The van der Waals surface area contributed by atoms with Crippen LogP contribution in [0.2, 0.25) is 0 Å². The fraction of sp³-hybridized carbons (Fsp3) is 0.407. The fourth-order valence-corrected chi connectivity index (χ4v) is 4.85. The van der Waals surface area contributed by atoms with Gasteiger partial charge in [-0.2, -0.15) is 5.26 Å². The molecule has 3 N–H and O–H groups in total. The Morgan fingerprint density at radius 2 is 1.89 bits per heavy atom. The molecule has 1 aliphatic heterocycles. The Morgan fingerprint density at radius 1 is 1.19 bits per heavy atom. The van der Waals surface area contributed by atoms with Crippen LogP contribution < -0.4 is 14.8 Å². The predicted molar refractivity (Wildman–Crippen MR) is 131 cm³/mol. The molecule has 194 valence electrons. The van der Waals surface area contributed by atoms with Crippen molar-refractivity contribution in [3.05, 3.63) is 53.2 Å². The van der Waals surface area contributed by atoms with Crippen molar-refractivity contribution < 1.29 is 33.3 Å². The second kappa shape index (κ2) is 8.43. The number of alkyl halides is 2. The van der Waals surface area contributed by atoms with Crippen LogP contribution in [-0.4, -0.2) is 39.7 Å². The zero-order valence-corrected chi connectivity index (χ0v) is 20.6. The van der Waals surface area contributed by atoms with Crippen molar-refractivity contribution in [2.24, 2.45) is 0 Å². The Kier molecular flexibility index (Phi) is 5.69. The molecular weight excluding hydrogens is 484 g/mol. The van der Waals surface area contributed by atoms with Gasteiger partial charge in [0.2, 0.25) is 5.91 Å². The van der Waals surface area contributed by atoms with E-state index in [1.165, 1.54) is 12.1 Å². The number of nitrogens with one attached hydrogen (secondary N) is 1. The van der Waals surface area contributed by atoms with Crippen LogP contribution in [-0.2, 0) is 22.2 Å². The number of aromatic nitrogens is 1. The third kappa shape index (κ3) is 4.38. The minimum atomic E-state index is -3.74. The monoisotopic (exact) mass is 511 g/mol. The maximum atomic E-state index is 13.4. The van der Waals surface area contributed by atoms with Crippen molar-refractivity contribution in [2.75, 3.05) is 11.9 Å². The molecule has 10 heteroatoms. The van der Waals surface area contributed by atoms with Crippen LogP contribution in [0.25, 0.3) is 10.9 Å². The molecule has 2 aromatic carbocycles. The van der Waals surface area contributed by atoms with Crippen molar-refractivity contribution in [1.82, 2.24) is 4.57 Å². The van der Waals surface area contributed by atoms with E-state index in [4.69, 9.17) is 0 Å². The summed E-state index contributed by atoms with van der Waals surface area (Å²) in [5.74, 6) is -0.561.